The molecule has 1 aliphatic heterocycles. The highest BCUT2D eigenvalue weighted by Gasteiger charge is 2.22. The molecule has 6 heteroatoms. The number of nitro benzene ring substituents is 1. The van der Waals surface area contributed by atoms with Gasteiger partial charge in [0.15, 0.2) is 5.75 Å². The summed E-state index contributed by atoms with van der Waals surface area (Å²) in [5.41, 5.74) is 0.623. The molecule has 0 bridgehead atoms. The van der Waals surface area contributed by atoms with Gasteiger partial charge in [-0.1, -0.05) is 12.1 Å². The lowest BCUT2D eigenvalue weighted by molar-refractivity contribution is -0.386. The zero-order chi connectivity index (χ0) is 13.8. The summed E-state index contributed by atoms with van der Waals surface area (Å²) in [6, 6.07) is 5.07. The zero-order valence-corrected chi connectivity index (χ0v) is 11.1. The number of aryl methyl sites for hydroxylation is 1. The van der Waals surface area contributed by atoms with Crippen LogP contribution >= 0.6 is 0 Å². The topological polar surface area (TPSA) is 73.6 Å². The molecule has 0 aliphatic carbocycles. The van der Waals surface area contributed by atoms with E-state index in [1.54, 1.807) is 25.1 Å². The second-order valence-electron chi connectivity index (χ2n) is 4.72. The van der Waals surface area contributed by atoms with Crippen LogP contribution < -0.4 is 10.1 Å². The highest BCUT2D eigenvalue weighted by Crippen LogP contribution is 2.30. The van der Waals surface area contributed by atoms with Crippen molar-refractivity contribution >= 4 is 5.69 Å². The van der Waals surface area contributed by atoms with Crippen LogP contribution in [0.2, 0.25) is 0 Å². The summed E-state index contributed by atoms with van der Waals surface area (Å²) in [7, 11) is 0. The van der Waals surface area contributed by atoms with Gasteiger partial charge < -0.3 is 14.8 Å². The molecule has 19 heavy (non-hydrogen) atoms. The van der Waals surface area contributed by atoms with Crippen molar-refractivity contribution in [2.75, 3.05) is 19.7 Å². The van der Waals surface area contributed by atoms with E-state index in [1.165, 1.54) is 0 Å². The van der Waals surface area contributed by atoms with Crippen LogP contribution in [0.15, 0.2) is 18.2 Å². The molecule has 1 aromatic rings. The van der Waals surface area contributed by atoms with Crippen molar-refractivity contribution in [1.29, 1.82) is 0 Å². The zero-order valence-electron chi connectivity index (χ0n) is 11.1. The first kappa shape index (κ1) is 13.8. The number of nitro groups is 1. The van der Waals surface area contributed by atoms with Crippen molar-refractivity contribution in [2.45, 2.75) is 26.1 Å². The molecule has 1 fully saturated rings. The normalized spacial score (nSPS) is 23.1. The van der Waals surface area contributed by atoms with Crippen molar-refractivity contribution in [2.24, 2.45) is 0 Å². The highest BCUT2D eigenvalue weighted by atomic mass is 16.6. The molecule has 0 radical (unpaired) electrons. The van der Waals surface area contributed by atoms with Crippen molar-refractivity contribution < 1.29 is 14.4 Å². The molecule has 0 amide bonds. The predicted octanol–water partition coefficient (Wildman–Crippen LogP) is 1.66. The lowest BCUT2D eigenvalue weighted by atomic mass is 10.2. The van der Waals surface area contributed by atoms with E-state index < -0.39 is 4.92 Å². The standard InChI is InChI=1S/C13H18N2O4/c1-9-4-3-5-12(13(9)15(16)17)18-8-11-7-14-6-10(2)19-11/h3-5,10-11,14H,6-8H2,1-2H3. The molecule has 1 N–H and O–H groups in total. The third-order valence-corrected chi connectivity index (χ3v) is 3.04. The Morgan fingerprint density at radius 1 is 1.53 bits per heavy atom. The predicted molar refractivity (Wildman–Crippen MR) is 70.5 cm³/mol. The smallest absolute Gasteiger partial charge is 0.313 e. The van der Waals surface area contributed by atoms with Gasteiger partial charge in [0, 0.05) is 18.7 Å². The Bertz CT molecular complexity index is 464. The Hall–Kier alpha value is -1.66. The summed E-state index contributed by atoms with van der Waals surface area (Å²) in [6.45, 7) is 5.51. The molecule has 1 heterocycles. The molecule has 2 unspecified atom stereocenters. The third kappa shape index (κ3) is 3.42. The van der Waals surface area contributed by atoms with Crippen LogP contribution in [0.5, 0.6) is 5.75 Å². The lowest BCUT2D eigenvalue weighted by Crippen LogP contribution is -2.45. The lowest BCUT2D eigenvalue weighted by Gasteiger charge is -2.28. The average molecular weight is 266 g/mol. The molecule has 2 rings (SSSR count). The number of ether oxygens (including phenoxy) is 2. The number of para-hydroxylation sites is 1. The number of hydrogen-bond donors (Lipinski definition) is 1. The van der Waals surface area contributed by atoms with Crippen molar-refractivity contribution in [1.82, 2.24) is 5.32 Å². The van der Waals surface area contributed by atoms with E-state index >= 15 is 0 Å². The second kappa shape index (κ2) is 5.99. The van der Waals surface area contributed by atoms with Crippen LogP contribution in [0, 0.1) is 17.0 Å². The molecule has 2 atom stereocenters. The van der Waals surface area contributed by atoms with E-state index in [4.69, 9.17) is 9.47 Å². The van der Waals surface area contributed by atoms with Crippen LogP contribution in [-0.4, -0.2) is 36.8 Å². The van der Waals surface area contributed by atoms with Gasteiger partial charge >= 0.3 is 5.69 Å². The van der Waals surface area contributed by atoms with Crippen LogP contribution in [0.4, 0.5) is 5.69 Å². The van der Waals surface area contributed by atoms with Crippen molar-refractivity contribution in [3.05, 3.63) is 33.9 Å². The SMILES string of the molecule is Cc1cccc(OCC2CNCC(C)O2)c1[N+](=O)[O-]. The summed E-state index contributed by atoms with van der Waals surface area (Å²) in [4.78, 5) is 10.6. The summed E-state index contributed by atoms with van der Waals surface area (Å²) in [5.74, 6) is 0.298. The van der Waals surface area contributed by atoms with Gasteiger partial charge in [0.05, 0.1) is 11.0 Å². The van der Waals surface area contributed by atoms with Gasteiger partial charge in [0.1, 0.15) is 12.7 Å². The Balaban J connectivity index is 2.03. The Labute approximate surface area is 111 Å². The number of nitrogens with one attached hydrogen (secondary N) is 1. The number of benzene rings is 1. The monoisotopic (exact) mass is 266 g/mol. The van der Waals surface area contributed by atoms with Crippen LogP contribution in [0.25, 0.3) is 0 Å². The van der Waals surface area contributed by atoms with E-state index in [2.05, 4.69) is 5.32 Å². The molecule has 0 spiro atoms. The summed E-state index contributed by atoms with van der Waals surface area (Å²) >= 11 is 0. The number of nitrogens with zero attached hydrogens (tertiary/aromatic N) is 1. The van der Waals surface area contributed by atoms with Gasteiger partial charge in [-0.15, -0.1) is 0 Å². The maximum atomic E-state index is 11.0. The van der Waals surface area contributed by atoms with E-state index in [9.17, 15) is 10.1 Å². The maximum absolute atomic E-state index is 11.0. The Morgan fingerprint density at radius 2 is 2.32 bits per heavy atom. The highest BCUT2D eigenvalue weighted by molar-refractivity contribution is 5.52. The second-order valence-corrected chi connectivity index (χ2v) is 4.72. The summed E-state index contributed by atoms with van der Waals surface area (Å²) < 4.78 is 11.2. The van der Waals surface area contributed by atoms with Gasteiger partial charge in [-0.25, -0.2) is 0 Å². The number of morpholine rings is 1. The summed E-state index contributed by atoms with van der Waals surface area (Å²) in [6.07, 6.45) is 0.0544. The maximum Gasteiger partial charge on any atom is 0.313 e. The van der Waals surface area contributed by atoms with Gasteiger partial charge in [-0.3, -0.25) is 10.1 Å². The minimum absolute atomic E-state index is 0.0271. The van der Waals surface area contributed by atoms with Gasteiger partial charge in [0.25, 0.3) is 0 Å². The molecule has 0 aromatic heterocycles. The fourth-order valence-corrected chi connectivity index (χ4v) is 2.14. The van der Waals surface area contributed by atoms with Crippen LogP contribution in [0.1, 0.15) is 12.5 Å². The molecular weight excluding hydrogens is 248 g/mol. The summed E-state index contributed by atoms with van der Waals surface area (Å²) in [5, 5.41) is 14.3. The van der Waals surface area contributed by atoms with Crippen molar-refractivity contribution in [3.63, 3.8) is 0 Å². The first-order valence-electron chi connectivity index (χ1n) is 6.31. The molecule has 104 valence electrons. The molecule has 1 aromatic carbocycles. The van der Waals surface area contributed by atoms with E-state index in [0.717, 1.165) is 6.54 Å². The average Bonchev–Trinajstić information content (AvgIpc) is 2.36. The molecular formula is C13H18N2O4. The van der Waals surface area contributed by atoms with E-state index in [1.807, 2.05) is 6.92 Å². The minimum Gasteiger partial charge on any atom is -0.484 e. The van der Waals surface area contributed by atoms with E-state index in [0.29, 0.717) is 24.5 Å². The first-order chi connectivity index (χ1) is 9.08. The van der Waals surface area contributed by atoms with Crippen LogP contribution in [0.3, 0.4) is 0 Å². The van der Waals surface area contributed by atoms with Crippen LogP contribution in [-0.2, 0) is 4.74 Å². The van der Waals surface area contributed by atoms with Crippen molar-refractivity contribution in [3.8, 4) is 5.75 Å². The van der Waals surface area contributed by atoms with Gasteiger partial charge in [0.2, 0.25) is 0 Å². The molecule has 1 saturated heterocycles. The van der Waals surface area contributed by atoms with Gasteiger partial charge in [-0.2, -0.15) is 0 Å². The molecule has 0 saturated carbocycles. The largest absolute Gasteiger partial charge is 0.484 e. The minimum atomic E-state index is -0.409. The Morgan fingerprint density at radius 3 is 3.00 bits per heavy atom. The number of rotatable bonds is 4. The Kier molecular flexibility index (Phi) is 4.34. The molecule has 1 aliphatic rings. The fourth-order valence-electron chi connectivity index (χ4n) is 2.14. The van der Waals surface area contributed by atoms with E-state index in [-0.39, 0.29) is 17.9 Å². The first-order valence-corrected chi connectivity index (χ1v) is 6.31. The molecule has 6 nitrogen and oxygen atoms in total. The quantitative estimate of drug-likeness (QED) is 0.662. The van der Waals surface area contributed by atoms with Gasteiger partial charge in [-0.05, 0) is 19.9 Å². The number of hydrogen-bond acceptors (Lipinski definition) is 5. The fraction of sp³-hybridized carbons (Fsp3) is 0.538. The third-order valence-electron chi connectivity index (χ3n) is 3.04.